The van der Waals surface area contributed by atoms with Crippen molar-refractivity contribution in [2.75, 3.05) is 19.6 Å². The van der Waals surface area contributed by atoms with E-state index in [0.717, 1.165) is 38.3 Å². The van der Waals surface area contributed by atoms with Gasteiger partial charge in [-0.2, -0.15) is 0 Å². The molecule has 1 fully saturated rings. The van der Waals surface area contributed by atoms with Crippen LogP contribution in [0.2, 0.25) is 0 Å². The molecule has 1 N–H and O–H groups in total. The third-order valence-corrected chi connectivity index (χ3v) is 4.29. The van der Waals surface area contributed by atoms with Gasteiger partial charge in [0.2, 0.25) is 0 Å². The van der Waals surface area contributed by atoms with Crippen LogP contribution in [0.3, 0.4) is 0 Å². The highest BCUT2D eigenvalue weighted by atomic mass is 19.1. The van der Waals surface area contributed by atoms with Crippen LogP contribution < -0.4 is 5.32 Å². The van der Waals surface area contributed by atoms with Crippen LogP contribution in [-0.2, 0) is 13.1 Å². The molecule has 1 heterocycles. The lowest BCUT2D eigenvalue weighted by Gasteiger charge is -2.37. The molecule has 0 unspecified atom stereocenters. The SMILES string of the molecule is CCNCc1ccc(F)c(CN2CCC(C)(C)CC2)c1. The smallest absolute Gasteiger partial charge is 0.127 e. The number of nitrogens with zero attached hydrogens (tertiary/aromatic N) is 1. The van der Waals surface area contributed by atoms with E-state index in [2.05, 4.69) is 31.0 Å². The molecule has 0 aliphatic carbocycles. The van der Waals surface area contributed by atoms with Crippen LogP contribution in [0, 0.1) is 11.2 Å². The first-order chi connectivity index (χ1) is 9.50. The molecule has 2 rings (SSSR count). The second-order valence-corrected chi connectivity index (χ2v) is 6.65. The monoisotopic (exact) mass is 278 g/mol. The van der Waals surface area contributed by atoms with Crippen molar-refractivity contribution in [2.24, 2.45) is 5.41 Å². The highest BCUT2D eigenvalue weighted by Gasteiger charge is 2.25. The van der Waals surface area contributed by atoms with E-state index in [1.54, 1.807) is 6.07 Å². The Bertz CT molecular complexity index is 433. The Labute approximate surface area is 122 Å². The highest BCUT2D eigenvalue weighted by molar-refractivity contribution is 5.25. The summed E-state index contributed by atoms with van der Waals surface area (Å²) in [6.45, 7) is 11.4. The lowest BCUT2D eigenvalue weighted by atomic mass is 9.82. The van der Waals surface area contributed by atoms with Crippen molar-refractivity contribution in [3.63, 3.8) is 0 Å². The molecule has 0 spiro atoms. The maximum absolute atomic E-state index is 14.0. The van der Waals surface area contributed by atoms with Gasteiger partial charge in [0.05, 0.1) is 0 Å². The number of rotatable bonds is 5. The van der Waals surface area contributed by atoms with Crippen LogP contribution in [-0.4, -0.2) is 24.5 Å². The molecule has 0 bridgehead atoms. The standard InChI is InChI=1S/C17H27FN2/c1-4-19-12-14-5-6-16(18)15(11-14)13-20-9-7-17(2,3)8-10-20/h5-6,11,19H,4,7-10,12-13H2,1-3H3. The zero-order valence-electron chi connectivity index (χ0n) is 13.0. The van der Waals surface area contributed by atoms with Gasteiger partial charge < -0.3 is 5.32 Å². The van der Waals surface area contributed by atoms with E-state index >= 15 is 0 Å². The molecule has 1 aromatic carbocycles. The van der Waals surface area contributed by atoms with Gasteiger partial charge in [0.25, 0.3) is 0 Å². The zero-order valence-corrected chi connectivity index (χ0v) is 13.0. The van der Waals surface area contributed by atoms with Crippen LogP contribution in [0.25, 0.3) is 0 Å². The minimum atomic E-state index is -0.0740. The molecular formula is C17H27FN2. The fourth-order valence-electron chi connectivity index (χ4n) is 2.69. The molecule has 2 nitrogen and oxygen atoms in total. The molecular weight excluding hydrogens is 251 g/mol. The van der Waals surface area contributed by atoms with E-state index in [9.17, 15) is 4.39 Å². The van der Waals surface area contributed by atoms with Crippen molar-refractivity contribution in [1.29, 1.82) is 0 Å². The summed E-state index contributed by atoms with van der Waals surface area (Å²) in [5.74, 6) is -0.0740. The summed E-state index contributed by atoms with van der Waals surface area (Å²) in [5.41, 5.74) is 2.45. The van der Waals surface area contributed by atoms with Gasteiger partial charge in [-0.3, -0.25) is 4.90 Å². The van der Waals surface area contributed by atoms with E-state index in [1.165, 1.54) is 18.4 Å². The Balaban J connectivity index is 1.98. The van der Waals surface area contributed by atoms with E-state index in [0.29, 0.717) is 5.41 Å². The summed E-state index contributed by atoms with van der Waals surface area (Å²) in [4.78, 5) is 2.38. The van der Waals surface area contributed by atoms with Crippen LogP contribution in [0.5, 0.6) is 0 Å². The number of halogens is 1. The fourth-order valence-corrected chi connectivity index (χ4v) is 2.69. The number of hydrogen-bond acceptors (Lipinski definition) is 2. The van der Waals surface area contributed by atoms with Crippen molar-refractivity contribution >= 4 is 0 Å². The lowest BCUT2D eigenvalue weighted by Crippen LogP contribution is -2.37. The van der Waals surface area contributed by atoms with Gasteiger partial charge in [-0.05, 0) is 49.5 Å². The number of piperidine rings is 1. The van der Waals surface area contributed by atoms with Gasteiger partial charge in [-0.25, -0.2) is 4.39 Å². The topological polar surface area (TPSA) is 15.3 Å². The summed E-state index contributed by atoms with van der Waals surface area (Å²) in [5, 5.41) is 3.29. The second kappa shape index (κ2) is 6.68. The van der Waals surface area contributed by atoms with E-state index in [4.69, 9.17) is 0 Å². The molecule has 3 heteroatoms. The van der Waals surface area contributed by atoms with E-state index in [1.807, 2.05) is 12.1 Å². The summed E-state index contributed by atoms with van der Waals surface area (Å²) >= 11 is 0. The number of benzene rings is 1. The molecule has 0 radical (unpaired) electrons. The summed E-state index contributed by atoms with van der Waals surface area (Å²) in [7, 11) is 0. The van der Waals surface area contributed by atoms with Crippen molar-refractivity contribution in [3.8, 4) is 0 Å². The normalized spacial score (nSPS) is 19.2. The first-order valence-electron chi connectivity index (χ1n) is 7.70. The highest BCUT2D eigenvalue weighted by Crippen LogP contribution is 2.30. The van der Waals surface area contributed by atoms with Gasteiger partial charge in [0, 0.05) is 18.7 Å². The first-order valence-corrected chi connectivity index (χ1v) is 7.70. The second-order valence-electron chi connectivity index (χ2n) is 6.65. The quantitative estimate of drug-likeness (QED) is 0.886. The van der Waals surface area contributed by atoms with Gasteiger partial charge in [0.15, 0.2) is 0 Å². The van der Waals surface area contributed by atoms with Crippen LogP contribution >= 0.6 is 0 Å². The maximum atomic E-state index is 14.0. The summed E-state index contributed by atoms with van der Waals surface area (Å²) in [6, 6.07) is 5.49. The molecule has 112 valence electrons. The van der Waals surface area contributed by atoms with Crippen LogP contribution in [0.15, 0.2) is 18.2 Å². The zero-order chi connectivity index (χ0) is 14.6. The average Bonchev–Trinajstić information content (AvgIpc) is 2.42. The van der Waals surface area contributed by atoms with Crippen molar-refractivity contribution in [2.45, 2.75) is 46.7 Å². The molecule has 20 heavy (non-hydrogen) atoms. The van der Waals surface area contributed by atoms with Crippen LogP contribution in [0.1, 0.15) is 44.7 Å². The Morgan fingerprint density at radius 3 is 2.60 bits per heavy atom. The lowest BCUT2D eigenvalue weighted by molar-refractivity contribution is 0.126. The Hall–Kier alpha value is -0.930. The predicted octanol–water partition coefficient (Wildman–Crippen LogP) is 3.56. The summed E-state index contributed by atoms with van der Waals surface area (Å²) in [6.07, 6.45) is 2.40. The third kappa shape index (κ3) is 4.29. The van der Waals surface area contributed by atoms with Gasteiger partial charge in [0.1, 0.15) is 5.82 Å². The Kier molecular flexibility index (Phi) is 5.17. The van der Waals surface area contributed by atoms with Crippen molar-refractivity contribution in [3.05, 3.63) is 35.1 Å². The minimum Gasteiger partial charge on any atom is -0.313 e. The molecule has 0 saturated carbocycles. The van der Waals surface area contributed by atoms with Crippen molar-refractivity contribution in [1.82, 2.24) is 10.2 Å². The molecule has 0 atom stereocenters. The maximum Gasteiger partial charge on any atom is 0.127 e. The first kappa shape index (κ1) is 15.5. The predicted molar refractivity (Wildman–Crippen MR) is 82.1 cm³/mol. The van der Waals surface area contributed by atoms with E-state index < -0.39 is 0 Å². The van der Waals surface area contributed by atoms with Gasteiger partial charge >= 0.3 is 0 Å². The molecule has 1 aromatic rings. The molecule has 1 aliphatic rings. The van der Waals surface area contributed by atoms with E-state index in [-0.39, 0.29) is 5.82 Å². The number of nitrogens with one attached hydrogen (secondary N) is 1. The van der Waals surface area contributed by atoms with Gasteiger partial charge in [-0.15, -0.1) is 0 Å². The Morgan fingerprint density at radius 2 is 1.95 bits per heavy atom. The van der Waals surface area contributed by atoms with Crippen molar-refractivity contribution < 1.29 is 4.39 Å². The summed E-state index contributed by atoms with van der Waals surface area (Å²) < 4.78 is 14.0. The molecule has 0 aromatic heterocycles. The fraction of sp³-hybridized carbons (Fsp3) is 0.647. The van der Waals surface area contributed by atoms with Crippen LogP contribution in [0.4, 0.5) is 4.39 Å². The molecule has 0 amide bonds. The third-order valence-electron chi connectivity index (χ3n) is 4.29. The number of hydrogen-bond donors (Lipinski definition) is 1. The number of likely N-dealkylation sites (tertiary alicyclic amines) is 1. The average molecular weight is 278 g/mol. The van der Waals surface area contributed by atoms with Gasteiger partial charge in [-0.1, -0.05) is 32.9 Å². The molecule has 1 aliphatic heterocycles. The molecule has 1 saturated heterocycles. The largest absolute Gasteiger partial charge is 0.313 e. The Morgan fingerprint density at radius 1 is 1.25 bits per heavy atom. The minimum absolute atomic E-state index is 0.0740.